The van der Waals surface area contributed by atoms with Crippen LogP contribution in [0.1, 0.15) is 28.7 Å². The summed E-state index contributed by atoms with van der Waals surface area (Å²) in [5, 5.41) is 3.60. The SMILES string of the molecule is CS(=O)N1CCc2cc(OCCCc3ccc(/C(=N/N)NN)cc3)ccc2C1. The topological polar surface area (TPSA) is 106 Å². The lowest BCUT2D eigenvalue weighted by Crippen LogP contribution is -2.31. The number of hydrazone groups is 1. The van der Waals surface area contributed by atoms with E-state index < -0.39 is 11.0 Å². The Bertz CT molecular complexity index is 854. The predicted octanol–water partition coefficient (Wildman–Crippen LogP) is 1.43. The van der Waals surface area contributed by atoms with Gasteiger partial charge in [-0.05, 0) is 48.1 Å². The lowest BCUT2D eigenvalue weighted by atomic mass is 10.0. The fourth-order valence-electron chi connectivity index (χ4n) is 3.30. The third kappa shape index (κ3) is 5.09. The van der Waals surface area contributed by atoms with E-state index >= 15 is 0 Å². The number of aryl methyl sites for hydroxylation is 1. The molecule has 0 spiro atoms. The molecule has 0 saturated carbocycles. The molecule has 1 aliphatic heterocycles. The molecule has 2 aromatic carbocycles. The second kappa shape index (κ2) is 9.68. The molecule has 28 heavy (non-hydrogen) atoms. The molecule has 0 bridgehead atoms. The highest BCUT2D eigenvalue weighted by Gasteiger charge is 2.18. The van der Waals surface area contributed by atoms with Crippen LogP contribution in [0.5, 0.6) is 5.75 Å². The number of nitrogens with one attached hydrogen (secondary N) is 1. The fourth-order valence-corrected chi connectivity index (χ4v) is 3.97. The highest BCUT2D eigenvalue weighted by Crippen LogP contribution is 2.24. The van der Waals surface area contributed by atoms with Crippen molar-refractivity contribution < 1.29 is 8.95 Å². The monoisotopic (exact) mass is 401 g/mol. The maximum absolute atomic E-state index is 11.6. The van der Waals surface area contributed by atoms with E-state index in [1.54, 1.807) is 6.26 Å². The van der Waals surface area contributed by atoms with Gasteiger partial charge in [0.1, 0.15) is 5.75 Å². The molecule has 3 rings (SSSR count). The molecular formula is C20H27N5O2S. The molecule has 150 valence electrons. The van der Waals surface area contributed by atoms with Crippen molar-refractivity contribution in [3.63, 3.8) is 0 Å². The number of hydrazine groups is 1. The molecule has 0 aliphatic carbocycles. The van der Waals surface area contributed by atoms with Gasteiger partial charge < -0.3 is 16.0 Å². The van der Waals surface area contributed by atoms with Gasteiger partial charge in [0.25, 0.3) is 0 Å². The number of nitrogens with two attached hydrogens (primary N) is 2. The first-order valence-electron chi connectivity index (χ1n) is 9.27. The van der Waals surface area contributed by atoms with Crippen molar-refractivity contribution in [3.8, 4) is 5.75 Å². The van der Waals surface area contributed by atoms with E-state index in [0.717, 1.165) is 43.7 Å². The summed E-state index contributed by atoms with van der Waals surface area (Å²) >= 11 is 0. The van der Waals surface area contributed by atoms with Gasteiger partial charge in [-0.2, -0.15) is 5.10 Å². The summed E-state index contributed by atoms with van der Waals surface area (Å²) in [6.07, 6.45) is 4.49. The van der Waals surface area contributed by atoms with E-state index in [9.17, 15) is 4.21 Å². The van der Waals surface area contributed by atoms with Gasteiger partial charge in [0.05, 0.1) is 17.6 Å². The van der Waals surface area contributed by atoms with Crippen molar-refractivity contribution in [1.29, 1.82) is 0 Å². The number of benzene rings is 2. The molecule has 1 unspecified atom stereocenters. The van der Waals surface area contributed by atoms with Gasteiger partial charge in [0.15, 0.2) is 5.84 Å². The molecule has 1 aliphatic rings. The van der Waals surface area contributed by atoms with Crippen molar-refractivity contribution in [2.45, 2.75) is 25.8 Å². The normalized spacial score (nSPS) is 15.7. The second-order valence-electron chi connectivity index (χ2n) is 6.74. The van der Waals surface area contributed by atoms with Crippen molar-refractivity contribution in [2.24, 2.45) is 16.8 Å². The van der Waals surface area contributed by atoms with Crippen molar-refractivity contribution in [2.75, 3.05) is 19.4 Å². The maximum atomic E-state index is 11.6. The van der Waals surface area contributed by atoms with Crippen LogP contribution in [0.3, 0.4) is 0 Å². The van der Waals surface area contributed by atoms with Crippen LogP contribution < -0.4 is 21.8 Å². The van der Waals surface area contributed by atoms with Gasteiger partial charge in [-0.1, -0.05) is 30.3 Å². The molecule has 0 radical (unpaired) electrons. The Balaban J connectivity index is 1.47. The minimum Gasteiger partial charge on any atom is -0.494 e. The molecule has 2 aromatic rings. The third-order valence-corrected chi connectivity index (χ3v) is 5.93. The summed E-state index contributed by atoms with van der Waals surface area (Å²) in [5.41, 5.74) is 7.08. The van der Waals surface area contributed by atoms with Gasteiger partial charge in [0, 0.05) is 24.9 Å². The fraction of sp³-hybridized carbons (Fsp3) is 0.350. The van der Waals surface area contributed by atoms with Crippen LogP contribution in [0.2, 0.25) is 0 Å². The Morgan fingerprint density at radius 1 is 1.25 bits per heavy atom. The molecule has 1 atom stereocenters. The van der Waals surface area contributed by atoms with E-state index in [4.69, 9.17) is 16.4 Å². The van der Waals surface area contributed by atoms with Crippen LogP contribution >= 0.6 is 0 Å². The first kappa shape index (κ1) is 20.3. The van der Waals surface area contributed by atoms with Gasteiger partial charge >= 0.3 is 0 Å². The van der Waals surface area contributed by atoms with E-state index in [1.807, 2.05) is 34.6 Å². The van der Waals surface area contributed by atoms with Crippen molar-refractivity contribution in [1.82, 2.24) is 9.73 Å². The lowest BCUT2D eigenvalue weighted by Gasteiger charge is -2.26. The Kier molecular flexibility index (Phi) is 7.02. The Hall–Kier alpha value is -2.42. The summed E-state index contributed by atoms with van der Waals surface area (Å²) in [5.74, 6) is 12.0. The van der Waals surface area contributed by atoms with Crippen molar-refractivity contribution >= 4 is 16.8 Å². The molecule has 1 heterocycles. The number of nitrogens with zero attached hydrogens (tertiary/aromatic N) is 2. The average Bonchev–Trinajstić information content (AvgIpc) is 2.72. The first-order chi connectivity index (χ1) is 13.6. The van der Waals surface area contributed by atoms with Crippen LogP contribution in [0, 0.1) is 0 Å². The summed E-state index contributed by atoms with van der Waals surface area (Å²) in [7, 11) is -0.915. The molecular weight excluding hydrogens is 374 g/mol. The first-order valence-corrected chi connectivity index (χ1v) is 10.8. The van der Waals surface area contributed by atoms with Gasteiger partial charge in [0.2, 0.25) is 0 Å². The van der Waals surface area contributed by atoms with Crippen LogP contribution in [0.15, 0.2) is 47.6 Å². The summed E-state index contributed by atoms with van der Waals surface area (Å²) in [4.78, 5) is 0. The van der Waals surface area contributed by atoms with Crippen LogP contribution in [0.25, 0.3) is 0 Å². The lowest BCUT2D eigenvalue weighted by molar-refractivity contribution is 0.310. The Morgan fingerprint density at radius 2 is 2.04 bits per heavy atom. The molecule has 0 saturated heterocycles. The largest absolute Gasteiger partial charge is 0.494 e. The number of fused-ring (bicyclic) bond motifs is 1. The van der Waals surface area contributed by atoms with E-state index in [2.05, 4.69) is 22.7 Å². The molecule has 5 N–H and O–H groups in total. The number of hydrogen-bond donors (Lipinski definition) is 3. The molecule has 0 amide bonds. The van der Waals surface area contributed by atoms with E-state index in [-0.39, 0.29) is 0 Å². The van der Waals surface area contributed by atoms with Crippen LogP contribution in [-0.4, -0.2) is 33.8 Å². The number of rotatable bonds is 7. The minimum atomic E-state index is -0.915. The zero-order valence-corrected chi connectivity index (χ0v) is 16.9. The van der Waals surface area contributed by atoms with Gasteiger partial charge in [-0.3, -0.25) is 0 Å². The Morgan fingerprint density at radius 3 is 2.71 bits per heavy atom. The number of amidine groups is 1. The highest BCUT2D eigenvalue weighted by atomic mass is 32.2. The van der Waals surface area contributed by atoms with E-state index in [0.29, 0.717) is 12.4 Å². The second-order valence-corrected chi connectivity index (χ2v) is 8.10. The molecule has 0 fully saturated rings. The quantitative estimate of drug-likeness (QED) is 0.214. The van der Waals surface area contributed by atoms with Gasteiger partial charge in [-0.25, -0.2) is 14.4 Å². The zero-order chi connectivity index (χ0) is 19.9. The average molecular weight is 402 g/mol. The highest BCUT2D eigenvalue weighted by molar-refractivity contribution is 7.81. The number of hydrogen-bond acceptors (Lipinski definition) is 5. The maximum Gasteiger partial charge on any atom is 0.166 e. The zero-order valence-electron chi connectivity index (χ0n) is 16.1. The third-order valence-electron chi connectivity index (χ3n) is 4.89. The summed E-state index contributed by atoms with van der Waals surface area (Å²) < 4.78 is 19.6. The molecule has 0 aromatic heterocycles. The van der Waals surface area contributed by atoms with Crippen LogP contribution in [-0.2, 0) is 30.4 Å². The standard InChI is InChI=1S/C20H27N5O2S/c1-28(26)25-11-10-17-13-19(9-8-18(17)14-25)27-12-2-3-15-4-6-16(7-5-15)20(23-21)24-22/h4-9,13H,2-3,10-12,14,21-22H2,1H3,(H,23,24). The summed E-state index contributed by atoms with van der Waals surface area (Å²) in [6, 6.07) is 14.2. The molecule has 7 nitrogen and oxygen atoms in total. The smallest absolute Gasteiger partial charge is 0.166 e. The predicted molar refractivity (Wildman–Crippen MR) is 113 cm³/mol. The van der Waals surface area contributed by atoms with Gasteiger partial charge in [-0.15, -0.1) is 0 Å². The Labute approximate surface area is 168 Å². The minimum absolute atomic E-state index is 0.454. The number of ether oxygens (including phenoxy) is 1. The molecule has 8 heteroatoms. The van der Waals surface area contributed by atoms with Crippen LogP contribution in [0.4, 0.5) is 0 Å². The summed E-state index contributed by atoms with van der Waals surface area (Å²) in [6.45, 7) is 2.22. The van der Waals surface area contributed by atoms with Crippen molar-refractivity contribution in [3.05, 3.63) is 64.7 Å². The van der Waals surface area contributed by atoms with E-state index in [1.165, 1.54) is 16.7 Å².